The smallest absolute Gasteiger partial charge is 0.404 e. The monoisotopic (exact) mass is 443 g/mol. The molecule has 3 heterocycles. The number of nitrogens with zero attached hydrogens (tertiary/aromatic N) is 3. The molecular weight excluding hydrogens is 410 g/mol. The maximum atomic E-state index is 12.5. The van der Waals surface area contributed by atoms with Crippen molar-refractivity contribution in [2.45, 2.75) is 76.0 Å². The fourth-order valence-corrected chi connectivity index (χ4v) is 4.68. The standard InChI is InChI=1S/C24H33N3O3S/c1-2-3-4-5-6-7-8-9-13-20-23(28)27(24(29)30-20)17-10-11-19-31-21-14-12-16-26-18-15-25-22(21)26/h12-16,18H,2-11,17,19H2,1H3. The lowest BCUT2D eigenvalue weighted by molar-refractivity contribution is -0.123. The molecule has 2 aromatic heterocycles. The zero-order valence-electron chi connectivity index (χ0n) is 18.4. The average molecular weight is 444 g/mol. The van der Waals surface area contributed by atoms with Crippen LogP contribution in [0.15, 0.2) is 47.5 Å². The summed E-state index contributed by atoms with van der Waals surface area (Å²) in [7, 11) is 0. The van der Waals surface area contributed by atoms with E-state index in [-0.39, 0.29) is 11.7 Å². The van der Waals surface area contributed by atoms with E-state index in [1.807, 2.05) is 22.9 Å². The van der Waals surface area contributed by atoms with Crippen molar-refractivity contribution in [3.05, 3.63) is 42.6 Å². The molecule has 2 aromatic rings. The van der Waals surface area contributed by atoms with Crippen LogP contribution in [0.25, 0.3) is 5.65 Å². The van der Waals surface area contributed by atoms with Gasteiger partial charge >= 0.3 is 6.09 Å². The molecule has 7 heteroatoms. The van der Waals surface area contributed by atoms with Crippen molar-refractivity contribution in [2.24, 2.45) is 0 Å². The van der Waals surface area contributed by atoms with Gasteiger partial charge in [0.05, 0.1) is 4.90 Å². The molecule has 1 saturated heterocycles. The fraction of sp³-hybridized carbons (Fsp3) is 0.542. The van der Waals surface area contributed by atoms with Crippen LogP contribution in [-0.4, -0.2) is 38.6 Å². The first-order valence-electron chi connectivity index (χ1n) is 11.5. The number of allylic oxidation sites excluding steroid dienone is 1. The SMILES string of the molecule is CCCCCCCCCC=C1OC(=O)N(CCCCSc2cccn3ccnc23)C1=O. The van der Waals surface area contributed by atoms with Gasteiger partial charge in [0.1, 0.15) is 5.65 Å². The molecular formula is C24H33N3O3S. The Morgan fingerprint density at radius 3 is 2.68 bits per heavy atom. The van der Waals surface area contributed by atoms with Crippen molar-refractivity contribution in [2.75, 3.05) is 12.3 Å². The van der Waals surface area contributed by atoms with Gasteiger partial charge in [0.25, 0.3) is 5.91 Å². The van der Waals surface area contributed by atoms with Gasteiger partial charge in [-0.15, -0.1) is 11.8 Å². The van der Waals surface area contributed by atoms with Gasteiger partial charge in [-0.2, -0.15) is 0 Å². The van der Waals surface area contributed by atoms with Gasteiger partial charge in [-0.25, -0.2) is 14.7 Å². The number of carbonyl (C=O) groups excluding carboxylic acids is 2. The molecule has 0 aromatic carbocycles. The van der Waals surface area contributed by atoms with Crippen molar-refractivity contribution in [1.82, 2.24) is 14.3 Å². The van der Waals surface area contributed by atoms with Crippen LogP contribution < -0.4 is 0 Å². The Balaban J connectivity index is 1.33. The predicted molar refractivity (Wildman–Crippen MR) is 124 cm³/mol. The van der Waals surface area contributed by atoms with Gasteiger partial charge < -0.3 is 9.14 Å². The molecule has 0 radical (unpaired) electrons. The number of ether oxygens (including phenoxy) is 1. The quantitative estimate of drug-likeness (QED) is 0.197. The van der Waals surface area contributed by atoms with Crippen molar-refractivity contribution in [3.8, 4) is 0 Å². The highest BCUT2D eigenvalue weighted by Crippen LogP contribution is 2.24. The molecule has 1 aliphatic rings. The molecule has 0 bridgehead atoms. The van der Waals surface area contributed by atoms with Gasteiger partial charge in [-0.3, -0.25) is 4.79 Å². The molecule has 2 amide bonds. The molecule has 0 spiro atoms. The first-order chi connectivity index (χ1) is 15.2. The molecule has 1 aliphatic heterocycles. The second-order valence-corrected chi connectivity index (χ2v) is 9.03. The molecule has 6 nitrogen and oxygen atoms in total. The van der Waals surface area contributed by atoms with Gasteiger partial charge in [0.2, 0.25) is 0 Å². The highest BCUT2D eigenvalue weighted by molar-refractivity contribution is 7.99. The first-order valence-corrected chi connectivity index (χ1v) is 12.5. The number of pyridine rings is 1. The topological polar surface area (TPSA) is 63.9 Å². The lowest BCUT2D eigenvalue weighted by Crippen LogP contribution is -2.29. The van der Waals surface area contributed by atoms with Crippen LogP contribution in [0.4, 0.5) is 4.79 Å². The van der Waals surface area contributed by atoms with E-state index in [4.69, 9.17) is 4.74 Å². The van der Waals surface area contributed by atoms with Crippen molar-refractivity contribution in [3.63, 3.8) is 0 Å². The lowest BCUT2D eigenvalue weighted by Gasteiger charge is -2.09. The van der Waals surface area contributed by atoms with Crippen LogP contribution in [0.2, 0.25) is 0 Å². The summed E-state index contributed by atoms with van der Waals surface area (Å²) in [5, 5.41) is 0. The third kappa shape index (κ3) is 6.86. The number of hydrogen-bond donors (Lipinski definition) is 0. The Bertz CT molecular complexity index is 893. The summed E-state index contributed by atoms with van der Waals surface area (Å²) in [6.45, 7) is 2.62. The van der Waals surface area contributed by atoms with E-state index in [1.165, 1.54) is 37.0 Å². The molecule has 3 rings (SSSR count). The summed E-state index contributed by atoms with van der Waals surface area (Å²) >= 11 is 1.75. The Morgan fingerprint density at radius 2 is 1.84 bits per heavy atom. The second-order valence-electron chi connectivity index (χ2n) is 7.89. The summed E-state index contributed by atoms with van der Waals surface area (Å²) in [5.74, 6) is 0.823. The molecule has 0 atom stereocenters. The van der Waals surface area contributed by atoms with E-state index >= 15 is 0 Å². The minimum atomic E-state index is -0.536. The molecule has 0 aliphatic carbocycles. The molecule has 1 fully saturated rings. The third-order valence-electron chi connectivity index (χ3n) is 5.43. The number of carbonyl (C=O) groups is 2. The number of amides is 2. The molecule has 0 saturated carbocycles. The van der Waals surface area contributed by atoms with Gasteiger partial charge in [0, 0.05) is 25.1 Å². The number of hydrogen-bond acceptors (Lipinski definition) is 5. The van der Waals surface area contributed by atoms with E-state index < -0.39 is 6.09 Å². The normalized spacial score (nSPS) is 15.4. The highest BCUT2D eigenvalue weighted by Gasteiger charge is 2.35. The number of thioether (sulfide) groups is 1. The maximum Gasteiger partial charge on any atom is 0.422 e. The molecule has 168 valence electrons. The summed E-state index contributed by atoms with van der Waals surface area (Å²) < 4.78 is 7.20. The minimum absolute atomic E-state index is 0.205. The zero-order chi connectivity index (χ0) is 21.9. The van der Waals surface area contributed by atoms with Crippen LogP contribution in [0.5, 0.6) is 0 Å². The number of aromatic nitrogens is 2. The molecule has 0 N–H and O–H groups in total. The van der Waals surface area contributed by atoms with Crippen LogP contribution in [0.1, 0.15) is 71.1 Å². The van der Waals surface area contributed by atoms with Crippen LogP contribution in [0, 0.1) is 0 Å². The lowest BCUT2D eigenvalue weighted by atomic mass is 10.1. The fourth-order valence-electron chi connectivity index (χ4n) is 3.65. The molecule has 31 heavy (non-hydrogen) atoms. The predicted octanol–water partition coefficient (Wildman–Crippen LogP) is 6.21. The van der Waals surface area contributed by atoms with Crippen LogP contribution >= 0.6 is 11.8 Å². The largest absolute Gasteiger partial charge is 0.422 e. The second kappa shape index (κ2) is 12.5. The summed E-state index contributed by atoms with van der Waals surface area (Å²) in [6.07, 6.45) is 18.0. The van der Waals surface area contributed by atoms with Crippen LogP contribution in [-0.2, 0) is 9.53 Å². The van der Waals surface area contributed by atoms with Crippen LogP contribution in [0.3, 0.4) is 0 Å². The van der Waals surface area contributed by atoms with Gasteiger partial charge in [0.15, 0.2) is 5.76 Å². The molecule has 0 unspecified atom stereocenters. The summed E-state index contributed by atoms with van der Waals surface area (Å²) in [4.78, 5) is 31.3. The van der Waals surface area contributed by atoms with E-state index in [0.29, 0.717) is 6.54 Å². The van der Waals surface area contributed by atoms with Crippen molar-refractivity contribution >= 4 is 29.4 Å². The Hall–Kier alpha value is -2.28. The summed E-state index contributed by atoms with van der Waals surface area (Å²) in [6, 6.07) is 4.08. The number of imidazole rings is 1. The Kier molecular flexibility index (Phi) is 9.46. The highest BCUT2D eigenvalue weighted by atomic mass is 32.2. The Labute approximate surface area is 189 Å². The Morgan fingerprint density at radius 1 is 1.03 bits per heavy atom. The average Bonchev–Trinajstić information content (AvgIpc) is 3.35. The third-order valence-corrected chi connectivity index (χ3v) is 6.55. The number of unbranched alkanes of at least 4 members (excludes halogenated alkanes) is 8. The number of imide groups is 1. The van der Waals surface area contributed by atoms with Crippen molar-refractivity contribution < 1.29 is 14.3 Å². The van der Waals surface area contributed by atoms with E-state index in [0.717, 1.165) is 48.4 Å². The zero-order valence-corrected chi connectivity index (χ0v) is 19.2. The van der Waals surface area contributed by atoms with Crippen molar-refractivity contribution in [1.29, 1.82) is 0 Å². The van der Waals surface area contributed by atoms with E-state index in [9.17, 15) is 9.59 Å². The van der Waals surface area contributed by atoms with E-state index in [2.05, 4.69) is 18.0 Å². The number of fused-ring (bicyclic) bond motifs is 1. The number of cyclic esters (lactones) is 1. The van der Waals surface area contributed by atoms with Gasteiger partial charge in [-0.05, 0) is 49.6 Å². The maximum absolute atomic E-state index is 12.5. The summed E-state index contributed by atoms with van der Waals surface area (Å²) in [5.41, 5.74) is 0.960. The minimum Gasteiger partial charge on any atom is -0.404 e. The number of rotatable bonds is 14. The first kappa shape index (κ1) is 23.4. The van der Waals surface area contributed by atoms with E-state index in [1.54, 1.807) is 24.0 Å². The van der Waals surface area contributed by atoms with Gasteiger partial charge in [-0.1, -0.05) is 45.4 Å².